The lowest BCUT2D eigenvalue weighted by atomic mass is 9.97. The average Bonchev–Trinajstić information content (AvgIpc) is 2.31. The Morgan fingerprint density at radius 3 is 2.58 bits per heavy atom. The van der Waals surface area contributed by atoms with Gasteiger partial charge in [-0.15, -0.1) is 0 Å². The van der Waals surface area contributed by atoms with Crippen LogP contribution in [0.5, 0.6) is 0 Å². The molecule has 0 spiro atoms. The van der Waals surface area contributed by atoms with E-state index in [1.807, 2.05) is 6.92 Å². The van der Waals surface area contributed by atoms with E-state index in [9.17, 15) is 9.90 Å². The summed E-state index contributed by atoms with van der Waals surface area (Å²) in [5.41, 5.74) is 0.571. The van der Waals surface area contributed by atoms with Gasteiger partial charge in [-0.3, -0.25) is 0 Å². The van der Waals surface area contributed by atoms with Crippen LogP contribution in [0.15, 0.2) is 18.2 Å². The zero-order chi connectivity index (χ0) is 14.0. The summed E-state index contributed by atoms with van der Waals surface area (Å²) < 4.78 is 0. The first-order valence-corrected chi connectivity index (χ1v) is 6.91. The number of amides is 2. The molecule has 2 atom stereocenters. The minimum absolute atomic E-state index is 0.0856. The molecule has 6 heteroatoms. The van der Waals surface area contributed by atoms with E-state index in [-0.39, 0.29) is 18.1 Å². The molecule has 19 heavy (non-hydrogen) atoms. The number of carbonyl (C=O) groups is 1. The summed E-state index contributed by atoms with van der Waals surface area (Å²) in [6.45, 7) is 3.02. The van der Waals surface area contributed by atoms with E-state index in [1.165, 1.54) is 0 Å². The molecule has 0 aliphatic carbocycles. The third-order valence-corrected chi connectivity index (χ3v) is 3.70. The highest BCUT2D eigenvalue weighted by atomic mass is 35.5. The molecule has 1 aliphatic heterocycles. The van der Waals surface area contributed by atoms with Crippen molar-refractivity contribution in [3.05, 3.63) is 28.2 Å². The fourth-order valence-electron chi connectivity index (χ4n) is 2.15. The molecule has 1 saturated heterocycles. The van der Waals surface area contributed by atoms with Crippen LogP contribution in [0.4, 0.5) is 10.5 Å². The highest BCUT2D eigenvalue weighted by molar-refractivity contribution is 6.35. The van der Waals surface area contributed by atoms with Crippen molar-refractivity contribution in [3.8, 4) is 0 Å². The highest BCUT2D eigenvalue weighted by Crippen LogP contribution is 2.23. The molecule has 0 aromatic heterocycles. The number of urea groups is 1. The Hall–Kier alpha value is -0.970. The number of anilines is 1. The molecule has 104 valence electrons. The number of carbonyl (C=O) groups excluding carboxylic acids is 1. The quantitative estimate of drug-likeness (QED) is 0.837. The number of rotatable bonds is 1. The van der Waals surface area contributed by atoms with Crippen molar-refractivity contribution < 1.29 is 9.90 Å². The van der Waals surface area contributed by atoms with E-state index in [0.717, 1.165) is 0 Å². The van der Waals surface area contributed by atoms with Gasteiger partial charge >= 0.3 is 6.03 Å². The number of piperidine rings is 1. The molecule has 2 rings (SSSR count). The number of hydrogen-bond acceptors (Lipinski definition) is 2. The lowest BCUT2D eigenvalue weighted by Gasteiger charge is -2.34. The topological polar surface area (TPSA) is 52.6 Å². The molecule has 1 heterocycles. The molecular formula is C13H16Cl2N2O2. The summed E-state index contributed by atoms with van der Waals surface area (Å²) in [5, 5.41) is 13.4. The first-order valence-electron chi connectivity index (χ1n) is 6.16. The number of nitrogens with one attached hydrogen (secondary N) is 1. The van der Waals surface area contributed by atoms with Crippen molar-refractivity contribution in [3.63, 3.8) is 0 Å². The van der Waals surface area contributed by atoms with Gasteiger partial charge in [-0.1, -0.05) is 30.1 Å². The van der Waals surface area contributed by atoms with Crippen LogP contribution in [0.3, 0.4) is 0 Å². The van der Waals surface area contributed by atoms with Gasteiger partial charge in [0.2, 0.25) is 0 Å². The van der Waals surface area contributed by atoms with Crippen LogP contribution >= 0.6 is 23.2 Å². The van der Waals surface area contributed by atoms with Crippen molar-refractivity contribution in [1.82, 2.24) is 4.90 Å². The van der Waals surface area contributed by atoms with Gasteiger partial charge < -0.3 is 15.3 Å². The van der Waals surface area contributed by atoms with Crippen molar-refractivity contribution in [2.75, 3.05) is 18.4 Å². The van der Waals surface area contributed by atoms with Crippen LogP contribution in [-0.2, 0) is 0 Å². The van der Waals surface area contributed by atoms with Gasteiger partial charge in [0.1, 0.15) is 0 Å². The van der Waals surface area contributed by atoms with Crippen molar-refractivity contribution in [2.24, 2.45) is 5.92 Å². The smallest absolute Gasteiger partial charge is 0.321 e. The summed E-state index contributed by atoms with van der Waals surface area (Å²) in [6.07, 6.45) is 0.273. The molecule has 2 unspecified atom stereocenters. The second kappa shape index (κ2) is 5.99. The maximum Gasteiger partial charge on any atom is 0.321 e. The molecule has 1 aromatic rings. The first kappa shape index (κ1) is 14.4. The van der Waals surface area contributed by atoms with E-state index in [4.69, 9.17) is 23.2 Å². The molecule has 2 amide bonds. The summed E-state index contributed by atoms with van der Waals surface area (Å²) in [4.78, 5) is 13.8. The Bertz CT molecular complexity index is 461. The summed E-state index contributed by atoms with van der Waals surface area (Å²) in [6, 6.07) is 4.70. The van der Waals surface area contributed by atoms with E-state index in [2.05, 4.69) is 5.32 Å². The van der Waals surface area contributed by atoms with Crippen molar-refractivity contribution >= 4 is 34.9 Å². The standard InChI is InChI=1S/C13H16Cl2N2O2/c1-8-7-17(3-2-12(8)18)13(19)16-11-5-9(14)4-10(15)6-11/h4-6,8,12,18H,2-3,7H2,1H3,(H,16,19). The summed E-state index contributed by atoms with van der Waals surface area (Å²) in [7, 11) is 0. The Balaban J connectivity index is 2.01. The molecule has 2 N–H and O–H groups in total. The first-order chi connectivity index (χ1) is 8.95. The van der Waals surface area contributed by atoms with Crippen LogP contribution in [0.2, 0.25) is 10.0 Å². The van der Waals surface area contributed by atoms with Gasteiger partial charge in [0.25, 0.3) is 0 Å². The average molecular weight is 303 g/mol. The van der Waals surface area contributed by atoms with Crippen LogP contribution < -0.4 is 5.32 Å². The minimum Gasteiger partial charge on any atom is -0.393 e. The lowest BCUT2D eigenvalue weighted by molar-refractivity contribution is 0.0506. The maximum atomic E-state index is 12.1. The molecular weight excluding hydrogens is 287 g/mol. The molecule has 0 radical (unpaired) electrons. The van der Waals surface area contributed by atoms with Crippen LogP contribution in [0.25, 0.3) is 0 Å². The SMILES string of the molecule is CC1CN(C(=O)Nc2cc(Cl)cc(Cl)c2)CCC1O. The van der Waals surface area contributed by atoms with Gasteiger partial charge in [-0.25, -0.2) is 4.79 Å². The Morgan fingerprint density at radius 1 is 1.37 bits per heavy atom. The molecule has 0 saturated carbocycles. The third-order valence-electron chi connectivity index (χ3n) is 3.26. The van der Waals surface area contributed by atoms with E-state index >= 15 is 0 Å². The van der Waals surface area contributed by atoms with Gasteiger partial charge in [0, 0.05) is 28.8 Å². The number of benzene rings is 1. The summed E-state index contributed by atoms with van der Waals surface area (Å²) in [5.74, 6) is 0.0856. The monoisotopic (exact) mass is 302 g/mol. The normalized spacial score (nSPS) is 23.3. The predicted octanol–water partition coefficient (Wildman–Crippen LogP) is 3.23. The number of aliphatic hydroxyl groups excluding tert-OH is 1. The fraction of sp³-hybridized carbons (Fsp3) is 0.462. The fourth-order valence-corrected chi connectivity index (χ4v) is 2.67. The predicted molar refractivity (Wildman–Crippen MR) is 76.8 cm³/mol. The number of hydrogen-bond donors (Lipinski definition) is 2. The number of halogens is 2. The number of likely N-dealkylation sites (tertiary alicyclic amines) is 1. The molecule has 4 nitrogen and oxygen atoms in total. The Morgan fingerprint density at radius 2 is 2.00 bits per heavy atom. The van der Waals surface area contributed by atoms with Crippen molar-refractivity contribution in [2.45, 2.75) is 19.4 Å². The molecule has 1 aliphatic rings. The Labute approximate surface area is 122 Å². The van der Waals surface area contributed by atoms with E-state index in [0.29, 0.717) is 35.2 Å². The zero-order valence-corrected chi connectivity index (χ0v) is 12.1. The van der Waals surface area contributed by atoms with Gasteiger partial charge in [0.05, 0.1) is 6.10 Å². The maximum absolute atomic E-state index is 12.1. The number of aliphatic hydroxyl groups is 1. The largest absolute Gasteiger partial charge is 0.393 e. The lowest BCUT2D eigenvalue weighted by Crippen LogP contribution is -2.46. The van der Waals surface area contributed by atoms with Crippen LogP contribution in [0, 0.1) is 5.92 Å². The summed E-state index contributed by atoms with van der Waals surface area (Å²) >= 11 is 11.8. The highest BCUT2D eigenvalue weighted by Gasteiger charge is 2.27. The van der Waals surface area contributed by atoms with Crippen LogP contribution in [-0.4, -0.2) is 35.2 Å². The molecule has 0 bridgehead atoms. The second-order valence-electron chi connectivity index (χ2n) is 4.87. The van der Waals surface area contributed by atoms with Gasteiger partial charge in [-0.2, -0.15) is 0 Å². The van der Waals surface area contributed by atoms with Crippen molar-refractivity contribution in [1.29, 1.82) is 0 Å². The van der Waals surface area contributed by atoms with Crippen LogP contribution in [0.1, 0.15) is 13.3 Å². The second-order valence-corrected chi connectivity index (χ2v) is 5.74. The van der Waals surface area contributed by atoms with E-state index < -0.39 is 0 Å². The minimum atomic E-state index is -0.329. The molecule has 1 aromatic carbocycles. The Kier molecular flexibility index (Phi) is 4.55. The van der Waals surface area contributed by atoms with Gasteiger partial charge in [-0.05, 0) is 30.5 Å². The zero-order valence-electron chi connectivity index (χ0n) is 10.6. The molecule has 1 fully saturated rings. The number of nitrogens with zero attached hydrogens (tertiary/aromatic N) is 1. The van der Waals surface area contributed by atoms with E-state index in [1.54, 1.807) is 23.1 Å². The third kappa shape index (κ3) is 3.75. The van der Waals surface area contributed by atoms with Gasteiger partial charge in [0.15, 0.2) is 0 Å².